The zero-order valence-corrected chi connectivity index (χ0v) is 14.6. The van der Waals surface area contributed by atoms with Gasteiger partial charge in [0.2, 0.25) is 5.91 Å². The lowest BCUT2D eigenvalue weighted by atomic mass is 10.2. The molecular weight excluding hydrogens is 296 g/mol. The SMILES string of the molecule is CSC[C@H](C)N(C)C(=O)CN1CCN(c2ccccn2)CC1. The second-order valence-corrected chi connectivity index (χ2v) is 6.67. The van der Waals surface area contributed by atoms with Crippen molar-refractivity contribution in [1.82, 2.24) is 14.8 Å². The zero-order chi connectivity index (χ0) is 15.9. The maximum Gasteiger partial charge on any atom is 0.236 e. The molecule has 122 valence electrons. The molecule has 1 fully saturated rings. The summed E-state index contributed by atoms with van der Waals surface area (Å²) in [6, 6.07) is 6.28. The molecule has 0 radical (unpaired) electrons. The number of nitrogens with zero attached hydrogens (tertiary/aromatic N) is 4. The molecule has 1 aliphatic heterocycles. The monoisotopic (exact) mass is 322 g/mol. The molecule has 0 aromatic carbocycles. The van der Waals surface area contributed by atoms with Crippen LogP contribution in [0.5, 0.6) is 0 Å². The predicted molar refractivity (Wildman–Crippen MR) is 93.5 cm³/mol. The minimum atomic E-state index is 0.216. The van der Waals surface area contributed by atoms with Gasteiger partial charge in [0.15, 0.2) is 0 Å². The molecule has 2 rings (SSSR count). The molecule has 1 aromatic rings. The molecule has 0 saturated carbocycles. The maximum absolute atomic E-state index is 12.3. The summed E-state index contributed by atoms with van der Waals surface area (Å²) in [7, 11) is 1.91. The van der Waals surface area contributed by atoms with Gasteiger partial charge in [0, 0.05) is 51.2 Å². The van der Waals surface area contributed by atoms with Crippen molar-refractivity contribution in [1.29, 1.82) is 0 Å². The third-order valence-electron chi connectivity index (χ3n) is 4.17. The Morgan fingerprint density at radius 1 is 1.36 bits per heavy atom. The summed E-state index contributed by atoms with van der Waals surface area (Å²) < 4.78 is 0. The van der Waals surface area contributed by atoms with E-state index in [1.165, 1.54) is 0 Å². The average molecular weight is 322 g/mol. The van der Waals surface area contributed by atoms with Crippen molar-refractivity contribution in [3.05, 3.63) is 24.4 Å². The molecule has 1 atom stereocenters. The number of aromatic nitrogens is 1. The Balaban J connectivity index is 1.78. The van der Waals surface area contributed by atoms with Gasteiger partial charge in [0.25, 0.3) is 0 Å². The van der Waals surface area contributed by atoms with Gasteiger partial charge < -0.3 is 9.80 Å². The smallest absolute Gasteiger partial charge is 0.236 e. The van der Waals surface area contributed by atoms with Gasteiger partial charge in [-0.15, -0.1) is 0 Å². The first-order valence-electron chi connectivity index (χ1n) is 7.74. The molecule has 1 saturated heterocycles. The van der Waals surface area contributed by atoms with Gasteiger partial charge in [-0.1, -0.05) is 6.07 Å². The molecule has 0 bridgehead atoms. The summed E-state index contributed by atoms with van der Waals surface area (Å²) in [4.78, 5) is 23.1. The largest absolute Gasteiger partial charge is 0.354 e. The number of carbonyl (C=O) groups excluding carboxylic acids is 1. The molecule has 1 aromatic heterocycles. The van der Waals surface area contributed by atoms with E-state index in [9.17, 15) is 4.79 Å². The fourth-order valence-corrected chi connectivity index (χ4v) is 3.28. The summed E-state index contributed by atoms with van der Waals surface area (Å²) in [5.41, 5.74) is 0. The fraction of sp³-hybridized carbons (Fsp3) is 0.625. The minimum absolute atomic E-state index is 0.216. The van der Waals surface area contributed by atoms with E-state index < -0.39 is 0 Å². The van der Waals surface area contributed by atoms with E-state index >= 15 is 0 Å². The van der Waals surface area contributed by atoms with Crippen LogP contribution in [0.1, 0.15) is 6.92 Å². The van der Waals surface area contributed by atoms with E-state index in [1.54, 1.807) is 11.8 Å². The number of hydrogen-bond donors (Lipinski definition) is 0. The van der Waals surface area contributed by atoms with E-state index in [0.29, 0.717) is 6.54 Å². The van der Waals surface area contributed by atoms with Crippen molar-refractivity contribution in [3.63, 3.8) is 0 Å². The topological polar surface area (TPSA) is 39.7 Å². The van der Waals surface area contributed by atoms with E-state index in [-0.39, 0.29) is 11.9 Å². The number of rotatable bonds is 6. The number of anilines is 1. The minimum Gasteiger partial charge on any atom is -0.354 e. The Morgan fingerprint density at radius 2 is 2.09 bits per heavy atom. The lowest BCUT2D eigenvalue weighted by molar-refractivity contribution is -0.132. The molecule has 6 heteroatoms. The van der Waals surface area contributed by atoms with Crippen molar-refractivity contribution in [2.24, 2.45) is 0 Å². The lowest BCUT2D eigenvalue weighted by Crippen LogP contribution is -2.51. The van der Waals surface area contributed by atoms with Crippen LogP contribution in [0.3, 0.4) is 0 Å². The third kappa shape index (κ3) is 4.61. The standard InChI is InChI=1S/C16H26N4OS/c1-14(13-22-3)18(2)16(21)12-19-8-10-20(11-9-19)15-6-4-5-7-17-15/h4-7,14H,8-13H2,1-3H3/t14-/m0/s1. The normalized spacial score (nSPS) is 17.3. The van der Waals surface area contributed by atoms with Gasteiger partial charge in [0.1, 0.15) is 5.82 Å². The van der Waals surface area contributed by atoms with E-state index in [4.69, 9.17) is 0 Å². The van der Waals surface area contributed by atoms with Crippen LogP contribution < -0.4 is 4.90 Å². The first kappa shape index (κ1) is 17.1. The Morgan fingerprint density at radius 3 is 2.68 bits per heavy atom. The van der Waals surface area contributed by atoms with Crippen LogP contribution >= 0.6 is 11.8 Å². The van der Waals surface area contributed by atoms with Crippen LogP contribution in [-0.4, -0.2) is 78.5 Å². The summed E-state index contributed by atoms with van der Waals surface area (Å²) >= 11 is 1.78. The highest BCUT2D eigenvalue weighted by Crippen LogP contribution is 2.13. The molecule has 0 spiro atoms. The summed E-state index contributed by atoms with van der Waals surface area (Å²) in [6.07, 6.45) is 3.90. The molecule has 5 nitrogen and oxygen atoms in total. The maximum atomic E-state index is 12.3. The number of hydrogen-bond acceptors (Lipinski definition) is 5. The van der Waals surface area contributed by atoms with Gasteiger partial charge in [-0.25, -0.2) is 4.98 Å². The van der Waals surface area contributed by atoms with Gasteiger partial charge in [-0.2, -0.15) is 11.8 Å². The Hall–Kier alpha value is -1.27. The van der Waals surface area contributed by atoms with Gasteiger partial charge in [0.05, 0.1) is 6.54 Å². The number of carbonyl (C=O) groups is 1. The van der Waals surface area contributed by atoms with Crippen molar-refractivity contribution in [2.75, 3.05) is 56.7 Å². The highest BCUT2D eigenvalue weighted by Gasteiger charge is 2.22. The third-order valence-corrected chi connectivity index (χ3v) is 4.98. The van der Waals surface area contributed by atoms with Gasteiger partial charge in [-0.05, 0) is 25.3 Å². The molecule has 22 heavy (non-hydrogen) atoms. The van der Waals surface area contributed by atoms with Crippen LogP contribution in [0.15, 0.2) is 24.4 Å². The number of pyridine rings is 1. The number of thioether (sulfide) groups is 1. The van der Waals surface area contributed by atoms with Gasteiger partial charge in [-0.3, -0.25) is 9.69 Å². The highest BCUT2D eigenvalue weighted by molar-refractivity contribution is 7.98. The quantitative estimate of drug-likeness (QED) is 0.792. The molecule has 1 amide bonds. The molecular formula is C16H26N4OS. The molecule has 0 N–H and O–H groups in total. The molecule has 1 aliphatic rings. The predicted octanol–water partition coefficient (Wildman–Crippen LogP) is 1.41. The average Bonchev–Trinajstić information content (AvgIpc) is 2.56. The number of piperazine rings is 1. The summed E-state index contributed by atoms with van der Waals surface area (Å²) in [5, 5.41) is 0. The van der Waals surface area contributed by atoms with Crippen molar-refractivity contribution >= 4 is 23.5 Å². The number of amides is 1. The summed E-state index contributed by atoms with van der Waals surface area (Å²) in [5.74, 6) is 2.22. The molecule has 2 heterocycles. The second-order valence-electron chi connectivity index (χ2n) is 5.76. The van der Waals surface area contributed by atoms with E-state index in [2.05, 4.69) is 28.0 Å². The van der Waals surface area contributed by atoms with Crippen molar-refractivity contribution < 1.29 is 4.79 Å². The second kappa shape index (κ2) is 8.39. The van der Waals surface area contributed by atoms with Crippen LogP contribution in [0.2, 0.25) is 0 Å². The summed E-state index contributed by atoms with van der Waals surface area (Å²) in [6.45, 7) is 6.29. The van der Waals surface area contributed by atoms with Crippen LogP contribution in [0.4, 0.5) is 5.82 Å². The Labute approximate surface area is 137 Å². The van der Waals surface area contributed by atoms with Crippen LogP contribution in [0, 0.1) is 0 Å². The van der Waals surface area contributed by atoms with E-state index in [0.717, 1.165) is 37.7 Å². The van der Waals surface area contributed by atoms with Gasteiger partial charge >= 0.3 is 0 Å². The first-order chi connectivity index (χ1) is 10.6. The molecule has 0 aliphatic carbocycles. The van der Waals surface area contributed by atoms with Crippen molar-refractivity contribution in [2.45, 2.75) is 13.0 Å². The fourth-order valence-electron chi connectivity index (χ4n) is 2.58. The van der Waals surface area contributed by atoms with E-state index in [1.807, 2.05) is 36.3 Å². The highest BCUT2D eigenvalue weighted by atomic mass is 32.2. The van der Waals surface area contributed by atoms with Crippen LogP contribution in [0.25, 0.3) is 0 Å². The first-order valence-corrected chi connectivity index (χ1v) is 9.14. The zero-order valence-electron chi connectivity index (χ0n) is 13.7. The van der Waals surface area contributed by atoms with Crippen LogP contribution in [-0.2, 0) is 4.79 Å². The van der Waals surface area contributed by atoms with Crippen molar-refractivity contribution in [3.8, 4) is 0 Å². The number of likely N-dealkylation sites (N-methyl/N-ethyl adjacent to an activating group) is 1. The molecule has 0 unspecified atom stereocenters. The lowest BCUT2D eigenvalue weighted by Gasteiger charge is -2.36. The Bertz CT molecular complexity index is 462. The Kier molecular flexibility index (Phi) is 6.51.